The van der Waals surface area contributed by atoms with Gasteiger partial charge in [-0.15, -0.1) is 0 Å². The largest absolute Gasteiger partial charge is 0.480 e. The molecule has 3 N–H and O–H groups in total. The lowest BCUT2D eigenvalue weighted by molar-refractivity contribution is -0.147. The van der Waals surface area contributed by atoms with Crippen molar-refractivity contribution in [2.24, 2.45) is 0 Å². The number of aliphatic carboxylic acids is 1. The third-order valence-corrected chi connectivity index (χ3v) is 4.41. The fraction of sp³-hybridized carbons (Fsp3) is 0.389. The summed E-state index contributed by atoms with van der Waals surface area (Å²) >= 11 is 0. The Bertz CT molecular complexity index is 944. The first kappa shape index (κ1) is 19.5. The molecule has 3 atom stereocenters. The number of carbonyl (C=O) groups excluding carboxylic acids is 1. The van der Waals surface area contributed by atoms with Crippen molar-refractivity contribution in [2.75, 3.05) is 24.6 Å². The summed E-state index contributed by atoms with van der Waals surface area (Å²) in [6.45, 7) is 1.71. The Labute approximate surface area is 160 Å². The zero-order valence-corrected chi connectivity index (χ0v) is 15.1. The van der Waals surface area contributed by atoms with Crippen LogP contribution in [-0.4, -0.2) is 70.0 Å². The molecule has 146 valence electrons. The summed E-state index contributed by atoms with van der Waals surface area (Å²) in [5.41, 5.74) is 2.10. The molecule has 0 saturated carbocycles. The van der Waals surface area contributed by atoms with Crippen LogP contribution in [0, 0.1) is 11.3 Å². The lowest BCUT2D eigenvalue weighted by Crippen LogP contribution is -2.56. The Morgan fingerprint density at radius 3 is 2.71 bits per heavy atom. The zero-order valence-electron chi connectivity index (χ0n) is 15.1. The molecule has 10 nitrogen and oxygen atoms in total. The highest BCUT2D eigenvalue weighted by Gasteiger charge is 2.33. The molecule has 1 aliphatic heterocycles. The number of aliphatic hydroxyl groups is 1. The number of morpholine rings is 1. The van der Waals surface area contributed by atoms with Gasteiger partial charge in [0, 0.05) is 18.9 Å². The van der Waals surface area contributed by atoms with E-state index in [1.54, 1.807) is 19.1 Å². The average Bonchev–Trinajstić information content (AvgIpc) is 2.70. The molecule has 1 saturated heterocycles. The fourth-order valence-electron chi connectivity index (χ4n) is 3.13. The number of anilines is 1. The Morgan fingerprint density at radius 2 is 2.07 bits per heavy atom. The van der Waals surface area contributed by atoms with Gasteiger partial charge in [-0.05, 0) is 19.1 Å². The van der Waals surface area contributed by atoms with Gasteiger partial charge in [0.05, 0.1) is 30.5 Å². The molecular formula is C18H19N5O5. The molecule has 28 heavy (non-hydrogen) atoms. The summed E-state index contributed by atoms with van der Waals surface area (Å²) in [5, 5.41) is 29.7. The minimum atomic E-state index is -1.40. The maximum Gasteiger partial charge on any atom is 0.328 e. The minimum Gasteiger partial charge on any atom is -0.480 e. The highest BCUT2D eigenvalue weighted by Crippen LogP contribution is 2.28. The number of nitriles is 1. The number of ether oxygens (including phenoxy) is 1. The topological polar surface area (TPSA) is 149 Å². The molecule has 1 aliphatic rings. The number of benzene rings is 1. The van der Waals surface area contributed by atoms with Crippen LogP contribution in [0.3, 0.4) is 0 Å². The number of aromatic nitrogens is 2. The van der Waals surface area contributed by atoms with Crippen LogP contribution in [0.1, 0.15) is 12.5 Å². The fourth-order valence-corrected chi connectivity index (χ4v) is 3.13. The average molecular weight is 385 g/mol. The number of nitrogens with one attached hydrogen (secondary N) is 1. The number of carboxylic acid groups (broad SMARTS) is 1. The smallest absolute Gasteiger partial charge is 0.328 e. The number of hydrogen-bond acceptors (Lipinski definition) is 8. The lowest BCUT2D eigenvalue weighted by Gasteiger charge is -2.38. The normalized spacial score (nSPS) is 20.4. The third-order valence-electron chi connectivity index (χ3n) is 4.41. The number of fused-ring (bicyclic) bond motifs is 1. The van der Waals surface area contributed by atoms with Crippen molar-refractivity contribution in [3.05, 3.63) is 30.1 Å². The van der Waals surface area contributed by atoms with Crippen LogP contribution >= 0.6 is 0 Å². The SMILES string of the molecule is C[C@@H]1CN(c2ccc(C#N)c3nccnc23)C[C@H](C(=O)N[C@@H](CO)C(=O)O)O1. The first-order chi connectivity index (χ1) is 13.4. The Hall–Kier alpha value is -3.29. The van der Waals surface area contributed by atoms with Crippen LogP contribution in [0.15, 0.2) is 24.5 Å². The Balaban J connectivity index is 1.88. The van der Waals surface area contributed by atoms with Crippen molar-refractivity contribution in [3.8, 4) is 6.07 Å². The number of amides is 1. The summed E-state index contributed by atoms with van der Waals surface area (Å²) in [5.74, 6) is -1.95. The van der Waals surface area contributed by atoms with Crippen LogP contribution in [0.2, 0.25) is 0 Å². The van der Waals surface area contributed by atoms with Crippen LogP contribution in [0.5, 0.6) is 0 Å². The molecule has 0 radical (unpaired) electrons. The van der Waals surface area contributed by atoms with E-state index < -0.39 is 30.6 Å². The quantitative estimate of drug-likeness (QED) is 0.628. The van der Waals surface area contributed by atoms with Crippen molar-refractivity contribution in [1.82, 2.24) is 15.3 Å². The molecule has 1 amide bonds. The van der Waals surface area contributed by atoms with Crippen molar-refractivity contribution in [1.29, 1.82) is 5.26 Å². The highest BCUT2D eigenvalue weighted by atomic mass is 16.5. The van der Waals surface area contributed by atoms with Gasteiger partial charge in [-0.1, -0.05) is 0 Å². The van der Waals surface area contributed by atoms with Gasteiger partial charge in [-0.25, -0.2) is 4.79 Å². The predicted octanol–water partition coefficient (Wildman–Crippen LogP) is -0.343. The molecule has 2 heterocycles. The number of rotatable bonds is 5. The number of aliphatic hydroxyl groups excluding tert-OH is 1. The van der Waals surface area contributed by atoms with E-state index in [0.29, 0.717) is 28.8 Å². The molecule has 1 aromatic carbocycles. The molecule has 3 rings (SSSR count). The summed E-state index contributed by atoms with van der Waals surface area (Å²) in [6.07, 6.45) is 1.79. The van der Waals surface area contributed by atoms with E-state index in [4.69, 9.17) is 14.9 Å². The Kier molecular flexibility index (Phi) is 5.67. The monoisotopic (exact) mass is 385 g/mol. The maximum atomic E-state index is 12.5. The van der Waals surface area contributed by atoms with E-state index in [1.165, 1.54) is 12.4 Å². The second kappa shape index (κ2) is 8.16. The van der Waals surface area contributed by atoms with Crippen molar-refractivity contribution >= 4 is 28.6 Å². The van der Waals surface area contributed by atoms with Crippen LogP contribution in [0.25, 0.3) is 11.0 Å². The second-order valence-corrected chi connectivity index (χ2v) is 6.42. The molecule has 2 aromatic rings. The van der Waals surface area contributed by atoms with Crippen LogP contribution in [0.4, 0.5) is 5.69 Å². The lowest BCUT2D eigenvalue weighted by atomic mass is 10.1. The molecule has 1 aromatic heterocycles. The Morgan fingerprint density at radius 1 is 1.36 bits per heavy atom. The minimum absolute atomic E-state index is 0.158. The van der Waals surface area contributed by atoms with E-state index in [1.807, 2.05) is 4.90 Å². The van der Waals surface area contributed by atoms with Gasteiger partial charge in [0.2, 0.25) is 0 Å². The van der Waals surface area contributed by atoms with Gasteiger partial charge in [0.15, 0.2) is 6.10 Å². The van der Waals surface area contributed by atoms with Crippen LogP contribution in [-0.2, 0) is 14.3 Å². The van der Waals surface area contributed by atoms with E-state index in [0.717, 1.165) is 0 Å². The van der Waals surface area contributed by atoms with Gasteiger partial charge < -0.3 is 25.2 Å². The van der Waals surface area contributed by atoms with Crippen molar-refractivity contribution in [2.45, 2.75) is 25.2 Å². The van der Waals surface area contributed by atoms with E-state index in [-0.39, 0.29) is 12.6 Å². The van der Waals surface area contributed by atoms with E-state index in [2.05, 4.69) is 21.4 Å². The number of carbonyl (C=O) groups is 2. The zero-order chi connectivity index (χ0) is 20.3. The second-order valence-electron chi connectivity index (χ2n) is 6.42. The van der Waals surface area contributed by atoms with Gasteiger partial charge in [-0.2, -0.15) is 5.26 Å². The van der Waals surface area contributed by atoms with Gasteiger partial charge in [0.25, 0.3) is 5.91 Å². The van der Waals surface area contributed by atoms with Gasteiger partial charge in [-0.3, -0.25) is 14.8 Å². The first-order valence-corrected chi connectivity index (χ1v) is 8.62. The van der Waals surface area contributed by atoms with Crippen molar-refractivity contribution in [3.63, 3.8) is 0 Å². The molecule has 0 aliphatic carbocycles. The molecule has 0 bridgehead atoms. The number of carboxylic acids is 1. The summed E-state index contributed by atoms with van der Waals surface area (Å²) in [6, 6.07) is 4.08. The molecule has 0 unspecified atom stereocenters. The van der Waals surface area contributed by atoms with Gasteiger partial charge >= 0.3 is 5.97 Å². The molecule has 10 heteroatoms. The molecule has 1 fully saturated rings. The standard InChI is InChI=1S/C18H19N5O5/c1-10-7-23(8-14(28-10)17(25)22-12(9-24)18(26)27)13-3-2-11(6-19)15-16(13)21-5-4-20-15/h2-5,10,12,14,24H,7-9H2,1H3,(H,22,25)(H,26,27)/t10-,12+,14-/m1/s1. The summed E-state index contributed by atoms with van der Waals surface area (Å²) in [4.78, 5) is 34.0. The number of nitrogens with zero attached hydrogens (tertiary/aromatic N) is 4. The van der Waals surface area contributed by atoms with Gasteiger partial charge in [0.1, 0.15) is 23.1 Å². The summed E-state index contributed by atoms with van der Waals surface area (Å²) in [7, 11) is 0. The highest BCUT2D eigenvalue weighted by molar-refractivity contribution is 5.92. The van der Waals surface area contributed by atoms with E-state index >= 15 is 0 Å². The summed E-state index contributed by atoms with van der Waals surface area (Å²) < 4.78 is 5.67. The van der Waals surface area contributed by atoms with E-state index in [9.17, 15) is 14.9 Å². The third kappa shape index (κ3) is 3.85. The molecule has 0 spiro atoms. The maximum absolute atomic E-state index is 12.5. The predicted molar refractivity (Wildman–Crippen MR) is 97.5 cm³/mol. The first-order valence-electron chi connectivity index (χ1n) is 8.62. The number of hydrogen-bond donors (Lipinski definition) is 3. The van der Waals surface area contributed by atoms with Crippen LogP contribution < -0.4 is 10.2 Å². The molecular weight excluding hydrogens is 366 g/mol. The van der Waals surface area contributed by atoms with Crippen molar-refractivity contribution < 1.29 is 24.5 Å².